The van der Waals surface area contributed by atoms with Crippen molar-refractivity contribution in [1.82, 2.24) is 0 Å². The first-order valence-corrected chi connectivity index (χ1v) is 8.56. The average molecular weight is 395 g/mol. The van der Waals surface area contributed by atoms with Crippen LogP contribution in [0.2, 0.25) is 5.02 Å². The lowest BCUT2D eigenvalue weighted by Crippen LogP contribution is -2.16. The smallest absolute Gasteiger partial charge is 0.344 e. The van der Waals surface area contributed by atoms with Crippen LogP contribution >= 0.6 is 11.6 Å². The predicted octanol–water partition coefficient (Wildman–Crippen LogP) is 3.68. The number of nitro benzene ring substituents is 1. The molecular formula is C18H19ClN2O6. The number of carbonyl (C=O) groups is 1. The highest BCUT2D eigenvalue weighted by atomic mass is 35.5. The number of non-ortho nitro benzene ring substituents is 1. The van der Waals surface area contributed by atoms with Crippen molar-refractivity contribution >= 4 is 28.9 Å². The van der Waals surface area contributed by atoms with Gasteiger partial charge in [-0.3, -0.25) is 10.1 Å². The van der Waals surface area contributed by atoms with Gasteiger partial charge in [-0.1, -0.05) is 11.6 Å². The van der Waals surface area contributed by atoms with Gasteiger partial charge in [0.25, 0.3) is 5.69 Å². The van der Waals surface area contributed by atoms with E-state index in [9.17, 15) is 14.9 Å². The first-order valence-electron chi connectivity index (χ1n) is 8.18. The monoisotopic (exact) mass is 394 g/mol. The van der Waals surface area contributed by atoms with Crippen LogP contribution in [-0.2, 0) is 9.53 Å². The van der Waals surface area contributed by atoms with Gasteiger partial charge in [0.1, 0.15) is 6.61 Å². The highest BCUT2D eigenvalue weighted by molar-refractivity contribution is 6.30. The lowest BCUT2D eigenvalue weighted by molar-refractivity contribution is -0.385. The summed E-state index contributed by atoms with van der Waals surface area (Å²) in [7, 11) is 0. The minimum atomic E-state index is -0.570. The average Bonchev–Trinajstić information content (AvgIpc) is 2.65. The highest BCUT2D eigenvalue weighted by Gasteiger charge is 2.15. The van der Waals surface area contributed by atoms with Gasteiger partial charge in [0.15, 0.2) is 18.1 Å². The molecule has 2 aromatic carbocycles. The van der Waals surface area contributed by atoms with Crippen molar-refractivity contribution in [2.75, 3.05) is 31.7 Å². The quantitative estimate of drug-likeness (QED) is 0.284. The summed E-state index contributed by atoms with van der Waals surface area (Å²) in [6.45, 7) is 2.28. The number of carbonyl (C=O) groups excluding carboxylic acids is 1. The van der Waals surface area contributed by atoms with Crippen molar-refractivity contribution < 1.29 is 23.9 Å². The number of halogens is 1. The van der Waals surface area contributed by atoms with E-state index in [1.807, 2.05) is 12.1 Å². The molecule has 0 fully saturated rings. The Morgan fingerprint density at radius 1 is 1.15 bits per heavy atom. The van der Waals surface area contributed by atoms with Gasteiger partial charge in [-0.25, -0.2) is 4.79 Å². The highest BCUT2D eigenvalue weighted by Crippen LogP contribution is 2.31. The van der Waals surface area contributed by atoms with Crippen LogP contribution in [0.4, 0.5) is 11.4 Å². The number of benzene rings is 2. The molecule has 0 spiro atoms. The zero-order valence-electron chi connectivity index (χ0n) is 14.6. The van der Waals surface area contributed by atoms with Crippen LogP contribution in [0.3, 0.4) is 0 Å². The van der Waals surface area contributed by atoms with E-state index < -0.39 is 10.9 Å². The minimum Gasteiger partial charge on any atom is -0.488 e. The van der Waals surface area contributed by atoms with Crippen molar-refractivity contribution in [2.45, 2.75) is 6.92 Å². The van der Waals surface area contributed by atoms with Crippen molar-refractivity contribution in [2.24, 2.45) is 0 Å². The maximum absolute atomic E-state index is 11.4. The Labute approximate surface area is 161 Å². The Kier molecular flexibility index (Phi) is 7.69. The fourth-order valence-corrected chi connectivity index (χ4v) is 2.23. The van der Waals surface area contributed by atoms with Crippen LogP contribution in [0, 0.1) is 10.1 Å². The number of anilines is 1. The molecule has 0 unspecified atom stereocenters. The molecule has 0 aliphatic heterocycles. The number of esters is 1. The van der Waals surface area contributed by atoms with Gasteiger partial charge in [0.2, 0.25) is 0 Å². The van der Waals surface area contributed by atoms with E-state index in [1.165, 1.54) is 18.2 Å². The van der Waals surface area contributed by atoms with Gasteiger partial charge in [-0.15, -0.1) is 0 Å². The molecule has 0 saturated carbocycles. The van der Waals surface area contributed by atoms with Gasteiger partial charge in [0.05, 0.1) is 17.6 Å². The van der Waals surface area contributed by atoms with E-state index in [0.29, 0.717) is 17.3 Å². The molecule has 2 aromatic rings. The van der Waals surface area contributed by atoms with Crippen molar-refractivity contribution in [3.05, 3.63) is 57.6 Å². The zero-order chi connectivity index (χ0) is 19.6. The fourth-order valence-electron chi connectivity index (χ4n) is 2.11. The summed E-state index contributed by atoms with van der Waals surface area (Å²) >= 11 is 5.83. The van der Waals surface area contributed by atoms with Crippen LogP contribution in [0.5, 0.6) is 11.5 Å². The minimum absolute atomic E-state index is 0.101. The number of hydrogen-bond donors (Lipinski definition) is 1. The molecule has 2 rings (SSSR count). The SMILES string of the molecule is CCOC(=O)COc1cc([N+](=O)[O-])ccc1OCCNc1ccc(Cl)cc1. The summed E-state index contributed by atoms with van der Waals surface area (Å²) in [6, 6.07) is 11.1. The summed E-state index contributed by atoms with van der Waals surface area (Å²) in [5, 5.41) is 14.7. The second-order valence-electron chi connectivity index (χ2n) is 5.26. The van der Waals surface area contributed by atoms with E-state index in [-0.39, 0.29) is 31.3 Å². The normalized spacial score (nSPS) is 10.1. The molecule has 0 aromatic heterocycles. The molecule has 0 aliphatic rings. The number of hydrogen-bond acceptors (Lipinski definition) is 7. The fraction of sp³-hybridized carbons (Fsp3) is 0.278. The molecule has 0 heterocycles. The Morgan fingerprint density at radius 2 is 1.89 bits per heavy atom. The largest absolute Gasteiger partial charge is 0.488 e. The lowest BCUT2D eigenvalue weighted by Gasteiger charge is -2.13. The Balaban J connectivity index is 1.95. The maximum Gasteiger partial charge on any atom is 0.344 e. The number of rotatable bonds is 10. The van der Waals surface area contributed by atoms with Crippen LogP contribution in [0.25, 0.3) is 0 Å². The van der Waals surface area contributed by atoms with Crippen molar-refractivity contribution in [1.29, 1.82) is 0 Å². The van der Waals surface area contributed by atoms with Crippen molar-refractivity contribution in [3.8, 4) is 11.5 Å². The molecule has 0 atom stereocenters. The van der Waals surface area contributed by atoms with E-state index in [4.69, 9.17) is 25.8 Å². The molecule has 27 heavy (non-hydrogen) atoms. The van der Waals surface area contributed by atoms with Crippen LogP contribution in [-0.4, -0.2) is 37.3 Å². The first kappa shape index (κ1) is 20.3. The van der Waals surface area contributed by atoms with Gasteiger partial charge in [-0.2, -0.15) is 0 Å². The van der Waals surface area contributed by atoms with E-state index in [0.717, 1.165) is 5.69 Å². The standard InChI is InChI=1S/C18H19ClN2O6/c1-2-25-18(22)12-27-17-11-15(21(23)24)7-8-16(17)26-10-9-20-14-5-3-13(19)4-6-14/h3-8,11,20H,2,9-10,12H2,1H3. The number of nitrogens with zero attached hydrogens (tertiary/aromatic N) is 1. The molecule has 144 valence electrons. The Hall–Kier alpha value is -3.00. The van der Waals surface area contributed by atoms with Crippen molar-refractivity contribution in [3.63, 3.8) is 0 Å². The summed E-state index contributed by atoms with van der Waals surface area (Å²) in [4.78, 5) is 21.8. The second kappa shape index (κ2) is 10.2. The van der Waals surface area contributed by atoms with Gasteiger partial charge in [0, 0.05) is 23.3 Å². The lowest BCUT2D eigenvalue weighted by atomic mass is 10.3. The third-order valence-electron chi connectivity index (χ3n) is 3.32. The predicted molar refractivity (Wildman–Crippen MR) is 101 cm³/mol. The zero-order valence-corrected chi connectivity index (χ0v) is 15.4. The number of nitro groups is 1. The molecule has 1 N–H and O–H groups in total. The van der Waals surface area contributed by atoms with E-state index in [1.54, 1.807) is 19.1 Å². The van der Waals surface area contributed by atoms with Crippen LogP contribution in [0.15, 0.2) is 42.5 Å². The van der Waals surface area contributed by atoms with Gasteiger partial charge >= 0.3 is 5.97 Å². The third-order valence-corrected chi connectivity index (χ3v) is 3.57. The molecule has 9 heteroatoms. The number of ether oxygens (including phenoxy) is 3. The molecule has 0 saturated heterocycles. The van der Waals surface area contributed by atoms with E-state index in [2.05, 4.69) is 5.32 Å². The maximum atomic E-state index is 11.4. The third kappa shape index (κ3) is 6.67. The molecule has 0 radical (unpaired) electrons. The molecular weight excluding hydrogens is 376 g/mol. The summed E-state index contributed by atoms with van der Waals surface area (Å²) in [6.07, 6.45) is 0. The van der Waals surface area contributed by atoms with Gasteiger partial charge < -0.3 is 19.5 Å². The van der Waals surface area contributed by atoms with Gasteiger partial charge in [-0.05, 0) is 37.3 Å². The van der Waals surface area contributed by atoms with Crippen LogP contribution in [0.1, 0.15) is 6.92 Å². The summed E-state index contributed by atoms with van der Waals surface area (Å²) < 4.78 is 15.7. The molecule has 0 amide bonds. The first-order chi connectivity index (χ1) is 13.0. The summed E-state index contributed by atoms with van der Waals surface area (Å²) in [5.74, 6) is -0.175. The Morgan fingerprint density at radius 3 is 2.56 bits per heavy atom. The van der Waals surface area contributed by atoms with E-state index >= 15 is 0 Å². The molecule has 8 nitrogen and oxygen atoms in total. The number of nitrogens with one attached hydrogen (secondary N) is 1. The van der Waals surface area contributed by atoms with Crippen LogP contribution < -0.4 is 14.8 Å². The topological polar surface area (TPSA) is 99.9 Å². The summed E-state index contributed by atoms with van der Waals surface area (Å²) in [5.41, 5.74) is 0.714. The Bertz CT molecular complexity index is 782. The molecule has 0 aliphatic carbocycles. The molecule has 0 bridgehead atoms. The second-order valence-corrected chi connectivity index (χ2v) is 5.70.